The quantitative estimate of drug-likeness (QED) is 0.301. The standard InChI is InChI=1S/C14H18N4O6/c1-4-8(2)16-13(20)14(21)17-15-7-9-5-10(18(22)23)12(19)11(6-9)24-3/h5-8,19H,4H2,1-3H3,(H,16,20)(H,17,21)/b15-7+/t8-/m1/s1. The molecule has 2 amide bonds. The number of amides is 2. The number of methoxy groups -OCH3 is 1. The zero-order chi connectivity index (χ0) is 18.3. The summed E-state index contributed by atoms with van der Waals surface area (Å²) in [5.41, 5.74) is 1.63. The molecule has 0 radical (unpaired) electrons. The maximum Gasteiger partial charge on any atom is 0.329 e. The van der Waals surface area contributed by atoms with E-state index in [9.17, 15) is 24.8 Å². The molecule has 0 bridgehead atoms. The van der Waals surface area contributed by atoms with E-state index < -0.39 is 28.2 Å². The number of hydrogen-bond donors (Lipinski definition) is 3. The van der Waals surface area contributed by atoms with Crippen molar-refractivity contribution in [1.29, 1.82) is 0 Å². The first-order valence-corrected chi connectivity index (χ1v) is 6.99. The molecule has 0 heterocycles. The molecule has 1 rings (SSSR count). The Morgan fingerprint density at radius 3 is 2.67 bits per heavy atom. The third kappa shape index (κ3) is 4.93. The van der Waals surface area contributed by atoms with Crippen molar-refractivity contribution in [2.24, 2.45) is 5.10 Å². The predicted molar refractivity (Wildman–Crippen MR) is 84.9 cm³/mol. The Morgan fingerprint density at radius 2 is 2.12 bits per heavy atom. The molecule has 1 aromatic carbocycles. The molecule has 0 aromatic heterocycles. The van der Waals surface area contributed by atoms with Crippen LogP contribution < -0.4 is 15.5 Å². The lowest BCUT2D eigenvalue weighted by molar-refractivity contribution is -0.386. The molecule has 0 aliphatic carbocycles. The van der Waals surface area contributed by atoms with Gasteiger partial charge in [-0.05, 0) is 19.4 Å². The normalized spacial score (nSPS) is 11.8. The van der Waals surface area contributed by atoms with Gasteiger partial charge in [0, 0.05) is 17.7 Å². The fourth-order valence-electron chi connectivity index (χ4n) is 1.59. The molecule has 0 fully saturated rings. The zero-order valence-electron chi connectivity index (χ0n) is 13.4. The first kappa shape index (κ1) is 18.9. The van der Waals surface area contributed by atoms with E-state index in [1.165, 1.54) is 13.2 Å². The van der Waals surface area contributed by atoms with E-state index in [0.29, 0.717) is 6.42 Å². The Kier molecular flexibility index (Phi) is 6.65. The molecular weight excluding hydrogens is 320 g/mol. The minimum absolute atomic E-state index is 0.119. The van der Waals surface area contributed by atoms with Gasteiger partial charge in [-0.3, -0.25) is 19.7 Å². The van der Waals surface area contributed by atoms with Crippen molar-refractivity contribution in [3.05, 3.63) is 27.8 Å². The summed E-state index contributed by atoms with van der Waals surface area (Å²) in [5, 5.41) is 26.5. The van der Waals surface area contributed by atoms with Gasteiger partial charge in [0.2, 0.25) is 5.75 Å². The minimum Gasteiger partial charge on any atom is -0.500 e. The largest absolute Gasteiger partial charge is 0.500 e. The van der Waals surface area contributed by atoms with Gasteiger partial charge in [0.15, 0.2) is 5.75 Å². The number of nitro benzene ring substituents is 1. The predicted octanol–water partition coefficient (Wildman–Crippen LogP) is 0.674. The van der Waals surface area contributed by atoms with Crippen molar-refractivity contribution in [2.75, 3.05) is 7.11 Å². The van der Waals surface area contributed by atoms with Crippen LogP contribution in [-0.4, -0.2) is 41.2 Å². The molecule has 0 aliphatic rings. The van der Waals surface area contributed by atoms with Crippen LogP contribution in [0.15, 0.2) is 17.2 Å². The average molecular weight is 338 g/mol. The van der Waals surface area contributed by atoms with Crippen LogP contribution in [0.1, 0.15) is 25.8 Å². The highest BCUT2D eigenvalue weighted by Gasteiger charge is 2.19. The molecule has 1 atom stereocenters. The smallest absolute Gasteiger partial charge is 0.329 e. The number of ether oxygens (including phenoxy) is 1. The molecule has 130 valence electrons. The van der Waals surface area contributed by atoms with E-state index in [2.05, 4.69) is 10.4 Å². The van der Waals surface area contributed by atoms with E-state index in [4.69, 9.17) is 4.74 Å². The summed E-state index contributed by atoms with van der Waals surface area (Å²) in [4.78, 5) is 33.1. The molecule has 0 unspecified atom stereocenters. The zero-order valence-corrected chi connectivity index (χ0v) is 13.4. The molecule has 0 saturated heterocycles. The van der Waals surface area contributed by atoms with E-state index in [1.54, 1.807) is 6.92 Å². The van der Waals surface area contributed by atoms with E-state index in [0.717, 1.165) is 12.3 Å². The lowest BCUT2D eigenvalue weighted by Crippen LogP contribution is -2.41. The second-order valence-corrected chi connectivity index (χ2v) is 4.83. The number of nitro groups is 1. The van der Waals surface area contributed by atoms with Crippen LogP contribution >= 0.6 is 0 Å². The number of nitrogens with one attached hydrogen (secondary N) is 2. The van der Waals surface area contributed by atoms with Gasteiger partial charge in [-0.2, -0.15) is 5.10 Å². The molecule has 0 saturated carbocycles. The Bertz CT molecular complexity index is 673. The topological polar surface area (TPSA) is 143 Å². The van der Waals surface area contributed by atoms with Crippen LogP contribution in [0.4, 0.5) is 5.69 Å². The lowest BCUT2D eigenvalue weighted by Gasteiger charge is -2.09. The molecule has 1 aromatic rings. The number of aromatic hydroxyl groups is 1. The van der Waals surface area contributed by atoms with Crippen molar-refractivity contribution in [3.63, 3.8) is 0 Å². The summed E-state index contributed by atoms with van der Waals surface area (Å²) < 4.78 is 4.83. The lowest BCUT2D eigenvalue weighted by atomic mass is 10.2. The summed E-state index contributed by atoms with van der Waals surface area (Å²) in [6, 6.07) is 2.18. The van der Waals surface area contributed by atoms with Crippen LogP contribution in [0.2, 0.25) is 0 Å². The first-order valence-electron chi connectivity index (χ1n) is 6.99. The van der Waals surface area contributed by atoms with Gasteiger partial charge in [-0.15, -0.1) is 0 Å². The van der Waals surface area contributed by atoms with Gasteiger partial charge in [0.1, 0.15) is 0 Å². The summed E-state index contributed by atoms with van der Waals surface area (Å²) >= 11 is 0. The molecule has 3 N–H and O–H groups in total. The van der Waals surface area contributed by atoms with Gasteiger partial charge in [-0.1, -0.05) is 6.92 Å². The molecule has 10 heteroatoms. The Labute approximate surface area is 137 Å². The number of phenols is 1. The second kappa shape index (κ2) is 8.46. The fraction of sp³-hybridized carbons (Fsp3) is 0.357. The van der Waals surface area contributed by atoms with Crippen molar-refractivity contribution < 1.29 is 24.4 Å². The molecule has 24 heavy (non-hydrogen) atoms. The van der Waals surface area contributed by atoms with Crippen LogP contribution in [0.3, 0.4) is 0 Å². The SMILES string of the molecule is CC[C@@H](C)NC(=O)C(=O)N/N=C/c1cc(OC)c(O)c([N+](=O)[O-])c1. The Balaban J connectivity index is 2.84. The highest BCUT2D eigenvalue weighted by atomic mass is 16.6. The number of benzene rings is 1. The number of hydrogen-bond acceptors (Lipinski definition) is 7. The first-order chi connectivity index (χ1) is 11.3. The van der Waals surface area contributed by atoms with E-state index in [1.807, 2.05) is 12.3 Å². The van der Waals surface area contributed by atoms with Crippen molar-refractivity contribution in [3.8, 4) is 11.5 Å². The Hall–Kier alpha value is -3.17. The summed E-state index contributed by atoms with van der Waals surface area (Å²) in [5.74, 6) is -2.54. The van der Waals surface area contributed by atoms with Gasteiger partial charge >= 0.3 is 17.5 Å². The molecule has 10 nitrogen and oxygen atoms in total. The summed E-state index contributed by atoms with van der Waals surface area (Å²) in [6.45, 7) is 3.60. The third-order valence-electron chi connectivity index (χ3n) is 3.07. The van der Waals surface area contributed by atoms with Crippen LogP contribution in [-0.2, 0) is 9.59 Å². The number of rotatable bonds is 6. The van der Waals surface area contributed by atoms with E-state index >= 15 is 0 Å². The number of nitrogens with zero attached hydrogens (tertiary/aromatic N) is 2. The maximum absolute atomic E-state index is 11.5. The van der Waals surface area contributed by atoms with Crippen molar-refractivity contribution in [1.82, 2.24) is 10.7 Å². The van der Waals surface area contributed by atoms with Crippen LogP contribution in [0, 0.1) is 10.1 Å². The van der Waals surface area contributed by atoms with Crippen LogP contribution in [0.25, 0.3) is 0 Å². The summed E-state index contributed by atoms with van der Waals surface area (Å²) in [7, 11) is 1.24. The average Bonchev–Trinajstić information content (AvgIpc) is 2.55. The number of carbonyl (C=O) groups excluding carboxylic acids is 2. The van der Waals surface area contributed by atoms with Crippen molar-refractivity contribution >= 4 is 23.7 Å². The minimum atomic E-state index is -0.966. The highest BCUT2D eigenvalue weighted by Crippen LogP contribution is 2.36. The number of phenolic OH excluding ortho intramolecular Hbond substituents is 1. The second-order valence-electron chi connectivity index (χ2n) is 4.83. The van der Waals surface area contributed by atoms with Crippen molar-refractivity contribution in [2.45, 2.75) is 26.3 Å². The third-order valence-corrected chi connectivity index (χ3v) is 3.07. The van der Waals surface area contributed by atoms with Gasteiger partial charge < -0.3 is 15.2 Å². The molecule has 0 spiro atoms. The van der Waals surface area contributed by atoms with Gasteiger partial charge in [0.25, 0.3) is 0 Å². The summed E-state index contributed by atoms with van der Waals surface area (Å²) in [6.07, 6.45) is 1.75. The number of hydrazone groups is 1. The molecule has 0 aliphatic heterocycles. The Morgan fingerprint density at radius 1 is 1.46 bits per heavy atom. The number of carbonyl (C=O) groups is 2. The fourth-order valence-corrected chi connectivity index (χ4v) is 1.59. The highest BCUT2D eigenvalue weighted by molar-refractivity contribution is 6.35. The van der Waals surface area contributed by atoms with Gasteiger partial charge in [0.05, 0.1) is 18.2 Å². The van der Waals surface area contributed by atoms with Crippen LogP contribution in [0.5, 0.6) is 11.5 Å². The maximum atomic E-state index is 11.5. The van der Waals surface area contributed by atoms with E-state index in [-0.39, 0.29) is 17.4 Å². The van der Waals surface area contributed by atoms with Gasteiger partial charge in [-0.25, -0.2) is 5.43 Å². The monoisotopic (exact) mass is 338 g/mol. The molecular formula is C14H18N4O6.